The molecule has 1 heterocycles. The second-order valence-corrected chi connectivity index (χ2v) is 6.93. The van der Waals surface area contributed by atoms with Gasteiger partial charge in [0.2, 0.25) is 0 Å². The van der Waals surface area contributed by atoms with E-state index in [1.54, 1.807) is 37.5 Å². The summed E-state index contributed by atoms with van der Waals surface area (Å²) in [6.07, 6.45) is 3.66. The van der Waals surface area contributed by atoms with Gasteiger partial charge in [-0.1, -0.05) is 60.7 Å². The number of para-hydroxylation sites is 1. The van der Waals surface area contributed by atoms with Crippen LogP contribution in [0.4, 0.5) is 0 Å². The van der Waals surface area contributed by atoms with Gasteiger partial charge in [0.1, 0.15) is 6.61 Å². The van der Waals surface area contributed by atoms with E-state index in [4.69, 9.17) is 9.47 Å². The molecule has 0 fully saturated rings. The number of pyridine rings is 1. The van der Waals surface area contributed by atoms with Crippen LogP contribution in [0.3, 0.4) is 0 Å². The van der Waals surface area contributed by atoms with Gasteiger partial charge in [-0.15, -0.1) is 0 Å². The Kier molecular flexibility index (Phi) is 5.94. The summed E-state index contributed by atoms with van der Waals surface area (Å²) in [6.45, 7) is 0.450. The van der Waals surface area contributed by atoms with E-state index in [1.807, 2.05) is 60.7 Å². The molecule has 3 aromatic carbocycles. The molecule has 5 nitrogen and oxygen atoms in total. The first-order valence-corrected chi connectivity index (χ1v) is 9.80. The number of methoxy groups -OCH3 is 1. The molecule has 0 amide bonds. The van der Waals surface area contributed by atoms with Gasteiger partial charge in [-0.3, -0.25) is 0 Å². The van der Waals surface area contributed by atoms with Gasteiger partial charge in [-0.05, 0) is 41.5 Å². The van der Waals surface area contributed by atoms with Gasteiger partial charge in [0.25, 0.3) is 0 Å². The largest absolute Gasteiger partial charge is 0.493 e. The number of carboxylic acid groups (broad SMARTS) is 1. The van der Waals surface area contributed by atoms with Crippen LogP contribution in [0.5, 0.6) is 11.5 Å². The molecule has 0 spiro atoms. The Morgan fingerprint density at radius 2 is 1.71 bits per heavy atom. The third kappa shape index (κ3) is 4.73. The lowest BCUT2D eigenvalue weighted by Crippen LogP contribution is -2.00. The predicted octanol–water partition coefficient (Wildman–Crippen LogP) is 5.69. The highest BCUT2D eigenvalue weighted by Gasteiger charge is 2.10. The maximum Gasteiger partial charge on any atom is 0.336 e. The van der Waals surface area contributed by atoms with Gasteiger partial charge >= 0.3 is 5.97 Å². The Morgan fingerprint density at radius 3 is 2.48 bits per heavy atom. The van der Waals surface area contributed by atoms with Crippen molar-refractivity contribution in [1.82, 2.24) is 4.98 Å². The van der Waals surface area contributed by atoms with Gasteiger partial charge in [0, 0.05) is 5.39 Å². The summed E-state index contributed by atoms with van der Waals surface area (Å²) >= 11 is 0. The number of hydrogen-bond donors (Lipinski definition) is 1. The number of hydrogen-bond acceptors (Lipinski definition) is 4. The van der Waals surface area contributed by atoms with Gasteiger partial charge < -0.3 is 14.6 Å². The summed E-state index contributed by atoms with van der Waals surface area (Å²) < 4.78 is 11.4. The number of carbonyl (C=O) groups is 1. The summed E-state index contributed by atoms with van der Waals surface area (Å²) in [7, 11) is 1.60. The molecule has 0 aliphatic carbocycles. The van der Waals surface area contributed by atoms with Crippen molar-refractivity contribution in [3.05, 3.63) is 101 Å². The van der Waals surface area contributed by atoms with E-state index in [0.29, 0.717) is 34.7 Å². The molecule has 0 saturated carbocycles. The molecule has 0 radical (unpaired) electrons. The van der Waals surface area contributed by atoms with Crippen molar-refractivity contribution in [2.24, 2.45) is 0 Å². The van der Waals surface area contributed by atoms with Crippen LogP contribution < -0.4 is 9.47 Å². The molecule has 1 N–H and O–H groups in total. The normalized spacial score (nSPS) is 11.0. The molecule has 0 unspecified atom stereocenters. The summed E-state index contributed by atoms with van der Waals surface area (Å²) in [6, 6.07) is 24.4. The van der Waals surface area contributed by atoms with Crippen molar-refractivity contribution in [1.29, 1.82) is 0 Å². The zero-order valence-electron chi connectivity index (χ0n) is 17.0. The molecule has 0 bridgehead atoms. The Balaban J connectivity index is 1.57. The van der Waals surface area contributed by atoms with Crippen LogP contribution >= 0.6 is 0 Å². The maximum absolute atomic E-state index is 11.6. The van der Waals surface area contributed by atoms with Crippen LogP contribution in [0.1, 0.15) is 27.2 Å². The van der Waals surface area contributed by atoms with Crippen molar-refractivity contribution < 1.29 is 19.4 Å². The highest BCUT2D eigenvalue weighted by atomic mass is 16.5. The summed E-state index contributed by atoms with van der Waals surface area (Å²) in [5.74, 6) is 0.297. The first kappa shape index (κ1) is 20.2. The number of aromatic carboxylic acids is 1. The Hall–Kier alpha value is -4.12. The van der Waals surface area contributed by atoms with Crippen LogP contribution in [0.15, 0.2) is 78.9 Å². The van der Waals surface area contributed by atoms with Crippen LogP contribution in [0.25, 0.3) is 23.1 Å². The lowest BCUT2D eigenvalue weighted by Gasteiger charge is -2.11. The zero-order valence-corrected chi connectivity index (χ0v) is 17.0. The zero-order chi connectivity index (χ0) is 21.6. The van der Waals surface area contributed by atoms with E-state index in [2.05, 4.69) is 4.98 Å². The van der Waals surface area contributed by atoms with Gasteiger partial charge in [-0.25, -0.2) is 9.78 Å². The average molecular weight is 411 g/mol. The Bertz CT molecular complexity index is 1250. The topological polar surface area (TPSA) is 68.7 Å². The molecule has 4 rings (SSSR count). The fraction of sp³-hybridized carbons (Fsp3) is 0.0769. The molecule has 0 saturated heterocycles. The highest BCUT2D eigenvalue weighted by molar-refractivity contribution is 6.03. The van der Waals surface area contributed by atoms with Crippen molar-refractivity contribution >= 4 is 29.0 Å². The fourth-order valence-electron chi connectivity index (χ4n) is 3.28. The van der Waals surface area contributed by atoms with Crippen LogP contribution in [-0.4, -0.2) is 23.2 Å². The van der Waals surface area contributed by atoms with Crippen molar-refractivity contribution in [2.45, 2.75) is 6.61 Å². The quantitative estimate of drug-likeness (QED) is 0.423. The molecule has 5 heteroatoms. The smallest absolute Gasteiger partial charge is 0.336 e. The van der Waals surface area contributed by atoms with Gasteiger partial charge in [0.05, 0.1) is 23.9 Å². The number of carboxylic acids is 1. The van der Waals surface area contributed by atoms with Gasteiger partial charge in [0.15, 0.2) is 11.5 Å². The van der Waals surface area contributed by atoms with E-state index in [1.165, 1.54) is 0 Å². The van der Waals surface area contributed by atoms with E-state index in [-0.39, 0.29) is 5.56 Å². The van der Waals surface area contributed by atoms with E-state index < -0.39 is 5.97 Å². The van der Waals surface area contributed by atoms with E-state index >= 15 is 0 Å². The maximum atomic E-state index is 11.6. The fourth-order valence-corrected chi connectivity index (χ4v) is 3.28. The number of fused-ring (bicyclic) bond motifs is 1. The third-order valence-electron chi connectivity index (χ3n) is 4.84. The third-order valence-corrected chi connectivity index (χ3v) is 4.84. The van der Waals surface area contributed by atoms with Crippen LogP contribution in [-0.2, 0) is 6.61 Å². The number of ether oxygens (including phenoxy) is 2. The number of nitrogens with zero attached hydrogens (tertiary/aromatic N) is 1. The second kappa shape index (κ2) is 9.13. The molecular formula is C26H21NO4. The molecule has 0 aliphatic rings. The Labute approximate surface area is 180 Å². The van der Waals surface area contributed by atoms with Crippen molar-refractivity contribution in [2.75, 3.05) is 7.11 Å². The first-order chi connectivity index (χ1) is 15.1. The Morgan fingerprint density at radius 1 is 0.935 bits per heavy atom. The first-order valence-electron chi connectivity index (χ1n) is 9.80. The minimum absolute atomic E-state index is 0.229. The molecule has 1 aromatic heterocycles. The summed E-state index contributed by atoms with van der Waals surface area (Å²) in [5.41, 5.74) is 3.40. The summed E-state index contributed by atoms with van der Waals surface area (Å²) in [5, 5.41) is 10.2. The molecule has 31 heavy (non-hydrogen) atoms. The summed E-state index contributed by atoms with van der Waals surface area (Å²) in [4.78, 5) is 16.2. The monoisotopic (exact) mass is 411 g/mol. The molecule has 0 atom stereocenters. The number of aromatic nitrogens is 1. The second-order valence-electron chi connectivity index (χ2n) is 6.93. The average Bonchev–Trinajstić information content (AvgIpc) is 2.81. The van der Waals surface area contributed by atoms with E-state index in [9.17, 15) is 9.90 Å². The van der Waals surface area contributed by atoms with Crippen molar-refractivity contribution in [3.63, 3.8) is 0 Å². The van der Waals surface area contributed by atoms with Crippen LogP contribution in [0, 0.1) is 0 Å². The number of benzene rings is 3. The lowest BCUT2D eigenvalue weighted by atomic mass is 10.1. The SMILES string of the molecule is COc1cc(C=Cc2cc(C(=O)O)c3ccccc3n2)ccc1OCc1ccccc1. The predicted molar refractivity (Wildman–Crippen MR) is 121 cm³/mol. The highest BCUT2D eigenvalue weighted by Crippen LogP contribution is 2.29. The van der Waals surface area contributed by atoms with Gasteiger partial charge in [-0.2, -0.15) is 0 Å². The molecular weight excluding hydrogens is 390 g/mol. The van der Waals surface area contributed by atoms with Crippen molar-refractivity contribution in [3.8, 4) is 11.5 Å². The lowest BCUT2D eigenvalue weighted by molar-refractivity contribution is 0.0699. The molecule has 4 aromatic rings. The molecule has 154 valence electrons. The number of rotatable bonds is 7. The minimum Gasteiger partial charge on any atom is -0.493 e. The van der Waals surface area contributed by atoms with Crippen LogP contribution in [0.2, 0.25) is 0 Å². The molecule has 0 aliphatic heterocycles. The van der Waals surface area contributed by atoms with E-state index in [0.717, 1.165) is 11.1 Å². The minimum atomic E-state index is -0.977. The standard InChI is InChI=1S/C26H21NO4/c1-30-25-15-18(12-14-24(25)31-17-19-7-3-2-4-8-19)11-13-20-16-22(26(28)29)21-9-5-6-10-23(21)27-20/h2-16H,17H2,1H3,(H,28,29).